The number of rotatable bonds is 15. The molecule has 24 heavy (non-hydrogen) atoms. The van der Waals surface area contributed by atoms with Crippen LogP contribution in [0.2, 0.25) is 61.9 Å². The predicted octanol–water partition coefficient (Wildman–Crippen LogP) is 8.74. The van der Waals surface area contributed by atoms with Gasteiger partial charge in [-0.3, -0.25) is 0 Å². The molecule has 0 aliphatic heterocycles. The topological polar surface area (TPSA) is 0 Å². The number of unbranched alkanes of at least 4 members (excludes halogenated alkanes) is 3. The van der Waals surface area contributed by atoms with Crippen LogP contribution in [0.1, 0.15) is 73.1 Å². The summed E-state index contributed by atoms with van der Waals surface area (Å²) in [6.45, 7) is 20.2. The van der Waals surface area contributed by atoms with Crippen molar-refractivity contribution in [3.05, 3.63) is 0 Å². The van der Waals surface area contributed by atoms with Gasteiger partial charge in [0.25, 0.3) is 0 Å². The molecule has 146 valence electrons. The van der Waals surface area contributed by atoms with Gasteiger partial charge in [0.15, 0.2) is 0 Å². The van der Waals surface area contributed by atoms with E-state index in [4.69, 9.17) is 0 Å². The van der Waals surface area contributed by atoms with Crippen LogP contribution in [0.5, 0.6) is 0 Å². The van der Waals surface area contributed by atoms with E-state index in [1.54, 1.807) is 48.7 Å². The van der Waals surface area contributed by atoms with Gasteiger partial charge < -0.3 is 0 Å². The highest BCUT2D eigenvalue weighted by Gasteiger charge is 2.49. The maximum absolute atomic E-state index is 2.57. The molecular formula is C21H50Si3. The third-order valence-electron chi connectivity index (χ3n) is 7.01. The SMILES string of the molecule is CCCC[Si](CCCC)(CCCC[Si](C)(C)C)[Si](CC)(CC)CC. The zero-order chi connectivity index (χ0) is 18.7. The maximum atomic E-state index is 2.57. The van der Waals surface area contributed by atoms with E-state index in [1.807, 2.05) is 0 Å². The molecule has 0 aromatic carbocycles. The van der Waals surface area contributed by atoms with Crippen LogP contribution in [0.4, 0.5) is 0 Å². The summed E-state index contributed by atoms with van der Waals surface area (Å²) in [5.41, 5.74) is 0. The molecule has 0 aromatic rings. The second-order valence-corrected chi connectivity index (χ2v) is 30.3. The Kier molecular flexibility index (Phi) is 12.4. The van der Waals surface area contributed by atoms with Crippen LogP contribution < -0.4 is 0 Å². The van der Waals surface area contributed by atoms with E-state index in [1.165, 1.54) is 32.1 Å². The molecule has 0 N–H and O–H groups in total. The van der Waals surface area contributed by atoms with Gasteiger partial charge in [-0.1, -0.05) is 135 Å². The van der Waals surface area contributed by atoms with Crippen molar-refractivity contribution in [2.75, 3.05) is 0 Å². The average molecular weight is 387 g/mol. The summed E-state index contributed by atoms with van der Waals surface area (Å²) in [6, 6.07) is 11.3. The third-order valence-corrected chi connectivity index (χ3v) is 31.3. The van der Waals surface area contributed by atoms with Crippen molar-refractivity contribution in [2.45, 2.75) is 135 Å². The lowest BCUT2D eigenvalue weighted by molar-refractivity contribution is 0.796. The van der Waals surface area contributed by atoms with Crippen molar-refractivity contribution in [2.24, 2.45) is 0 Å². The smallest absolute Gasteiger partial charge is 0.0478 e. The Morgan fingerprint density at radius 2 is 0.833 bits per heavy atom. The fourth-order valence-corrected chi connectivity index (χ4v) is 28.7. The first-order valence-electron chi connectivity index (χ1n) is 11.3. The third kappa shape index (κ3) is 7.49. The summed E-state index contributed by atoms with van der Waals surface area (Å²) in [6.07, 6.45) is 8.98. The summed E-state index contributed by atoms with van der Waals surface area (Å²) in [5, 5.41) is 0. The highest BCUT2D eigenvalue weighted by molar-refractivity contribution is 7.42. The van der Waals surface area contributed by atoms with Gasteiger partial charge in [0, 0.05) is 23.3 Å². The van der Waals surface area contributed by atoms with Crippen LogP contribution >= 0.6 is 0 Å². The quantitative estimate of drug-likeness (QED) is 0.195. The highest BCUT2D eigenvalue weighted by Crippen LogP contribution is 2.42. The summed E-state index contributed by atoms with van der Waals surface area (Å²) in [7, 11) is -2.92. The van der Waals surface area contributed by atoms with E-state index >= 15 is 0 Å². The van der Waals surface area contributed by atoms with Gasteiger partial charge in [-0.15, -0.1) is 0 Å². The molecule has 0 nitrogen and oxygen atoms in total. The number of hydrogen-bond donors (Lipinski definition) is 0. The zero-order valence-electron chi connectivity index (χ0n) is 18.7. The van der Waals surface area contributed by atoms with Crippen LogP contribution in [0.25, 0.3) is 0 Å². The summed E-state index contributed by atoms with van der Waals surface area (Å²) >= 11 is 0. The largest absolute Gasteiger partial charge is 0.0695 e. The Morgan fingerprint density at radius 1 is 0.458 bits per heavy atom. The molecule has 0 unspecified atom stereocenters. The van der Waals surface area contributed by atoms with Crippen LogP contribution in [0, 0.1) is 0 Å². The molecule has 0 heterocycles. The van der Waals surface area contributed by atoms with Crippen LogP contribution in [0.3, 0.4) is 0 Å². The minimum Gasteiger partial charge on any atom is -0.0695 e. The highest BCUT2D eigenvalue weighted by atomic mass is 29.3. The van der Waals surface area contributed by atoms with E-state index in [9.17, 15) is 0 Å². The van der Waals surface area contributed by atoms with Crippen molar-refractivity contribution in [3.63, 3.8) is 0 Å². The van der Waals surface area contributed by atoms with E-state index in [2.05, 4.69) is 54.3 Å². The minimum absolute atomic E-state index is 0.848. The lowest BCUT2D eigenvalue weighted by Gasteiger charge is -2.48. The monoisotopic (exact) mass is 386 g/mol. The van der Waals surface area contributed by atoms with E-state index in [0.29, 0.717) is 0 Å². The lowest BCUT2D eigenvalue weighted by Crippen LogP contribution is -2.61. The molecule has 0 rings (SSSR count). The van der Waals surface area contributed by atoms with E-state index in [-0.39, 0.29) is 0 Å². The Hall–Kier alpha value is 0.651. The van der Waals surface area contributed by atoms with Gasteiger partial charge >= 0.3 is 0 Å². The zero-order valence-corrected chi connectivity index (χ0v) is 21.7. The van der Waals surface area contributed by atoms with Gasteiger partial charge in [-0.25, -0.2) is 0 Å². The summed E-state index contributed by atoms with van der Waals surface area (Å²) in [4.78, 5) is 0. The Morgan fingerprint density at radius 3 is 1.17 bits per heavy atom. The Bertz CT molecular complexity index is 286. The second kappa shape index (κ2) is 12.1. The molecule has 0 aliphatic carbocycles. The molecule has 0 aliphatic rings. The van der Waals surface area contributed by atoms with Gasteiger partial charge in [0.2, 0.25) is 0 Å². The standard InChI is InChI=1S/C21H50Si3/c1-9-14-19-24(20-15-10-2,23(11-3,12-4)13-5)21-17-16-18-22(6,7)8/h9-21H2,1-8H3. The van der Waals surface area contributed by atoms with Gasteiger partial charge in [-0.2, -0.15) is 0 Å². The first kappa shape index (κ1) is 24.7. The molecule has 0 aromatic heterocycles. The molecule has 0 radical (unpaired) electrons. The number of hydrogen-bond acceptors (Lipinski definition) is 0. The second-order valence-electron chi connectivity index (χ2n) is 9.60. The molecule has 0 saturated heterocycles. The Labute approximate surface area is 158 Å². The fourth-order valence-electron chi connectivity index (χ4n) is 5.19. The van der Waals surface area contributed by atoms with Crippen molar-refractivity contribution >= 4 is 23.3 Å². The molecule has 0 spiro atoms. The molecule has 3 heteroatoms. The van der Waals surface area contributed by atoms with Crippen molar-refractivity contribution in [3.8, 4) is 0 Å². The van der Waals surface area contributed by atoms with Crippen molar-refractivity contribution in [1.29, 1.82) is 0 Å². The van der Waals surface area contributed by atoms with Crippen LogP contribution in [-0.4, -0.2) is 23.3 Å². The van der Waals surface area contributed by atoms with Gasteiger partial charge in [0.1, 0.15) is 0 Å². The van der Waals surface area contributed by atoms with Gasteiger partial charge in [0.05, 0.1) is 0 Å². The van der Waals surface area contributed by atoms with E-state index < -0.39 is 23.3 Å². The fraction of sp³-hybridized carbons (Fsp3) is 1.00. The average Bonchev–Trinajstić information content (AvgIpc) is 2.55. The summed E-state index contributed by atoms with van der Waals surface area (Å²) < 4.78 is 0. The van der Waals surface area contributed by atoms with Crippen molar-refractivity contribution in [1.82, 2.24) is 0 Å². The molecule has 0 atom stereocenters. The molecular weight excluding hydrogens is 336 g/mol. The first-order chi connectivity index (χ1) is 11.3. The minimum atomic E-state index is -1.06. The van der Waals surface area contributed by atoms with Gasteiger partial charge in [-0.05, 0) is 0 Å². The van der Waals surface area contributed by atoms with Crippen LogP contribution in [0.15, 0.2) is 0 Å². The first-order valence-corrected chi connectivity index (χ1v) is 21.2. The summed E-state index contributed by atoms with van der Waals surface area (Å²) in [5.74, 6) is 0. The Balaban J connectivity index is 5.31. The van der Waals surface area contributed by atoms with E-state index in [0.717, 1.165) is 0 Å². The molecule has 0 saturated carbocycles. The molecule has 0 fully saturated rings. The molecule has 0 amide bonds. The van der Waals surface area contributed by atoms with Crippen molar-refractivity contribution < 1.29 is 0 Å². The molecule has 0 bridgehead atoms. The van der Waals surface area contributed by atoms with Crippen LogP contribution in [-0.2, 0) is 0 Å². The normalized spacial score (nSPS) is 13.5. The predicted molar refractivity (Wildman–Crippen MR) is 125 cm³/mol. The maximum Gasteiger partial charge on any atom is 0.0478 e. The lowest BCUT2D eigenvalue weighted by atomic mass is 10.4.